The van der Waals surface area contributed by atoms with Gasteiger partial charge in [0.1, 0.15) is 11.6 Å². The first kappa shape index (κ1) is 17.6. The van der Waals surface area contributed by atoms with Crippen molar-refractivity contribution in [1.29, 1.82) is 0 Å². The molecule has 1 aromatic heterocycles. The number of para-hydroxylation sites is 1. The molecule has 0 aliphatic carbocycles. The molecule has 0 N–H and O–H groups in total. The monoisotopic (exact) mass is 373 g/mol. The third-order valence-electron chi connectivity index (χ3n) is 4.63. The summed E-state index contributed by atoms with van der Waals surface area (Å²) in [6.45, 7) is 1.89. The lowest BCUT2D eigenvalue weighted by molar-refractivity contribution is -0.274. The van der Waals surface area contributed by atoms with Crippen molar-refractivity contribution in [3.63, 3.8) is 0 Å². The van der Waals surface area contributed by atoms with Gasteiger partial charge in [-0.2, -0.15) is 0 Å². The summed E-state index contributed by atoms with van der Waals surface area (Å²) >= 11 is 0. The fourth-order valence-corrected chi connectivity index (χ4v) is 3.36. The van der Waals surface area contributed by atoms with Gasteiger partial charge >= 0.3 is 6.36 Å². The van der Waals surface area contributed by atoms with Gasteiger partial charge in [0.25, 0.3) is 0 Å². The topological polar surface area (TPSA) is 38.2 Å². The molecule has 1 fully saturated rings. The lowest BCUT2D eigenvalue weighted by atomic mass is 10.0. The number of rotatable bonds is 3. The second kappa shape index (κ2) is 7.06. The molecular formula is C20H18F3N3O. The second-order valence-electron chi connectivity index (χ2n) is 6.52. The number of benzene rings is 2. The lowest BCUT2D eigenvalue weighted by Crippen LogP contribution is -2.30. The van der Waals surface area contributed by atoms with Crippen LogP contribution in [-0.2, 0) is 0 Å². The minimum Gasteiger partial charge on any atom is -0.405 e. The van der Waals surface area contributed by atoms with Gasteiger partial charge in [0.05, 0.1) is 17.2 Å². The van der Waals surface area contributed by atoms with Gasteiger partial charge < -0.3 is 9.64 Å². The van der Waals surface area contributed by atoms with Crippen molar-refractivity contribution in [2.24, 2.45) is 0 Å². The zero-order valence-electron chi connectivity index (χ0n) is 14.5. The maximum Gasteiger partial charge on any atom is 0.573 e. The molecule has 1 aliphatic heterocycles. The first-order valence-electron chi connectivity index (χ1n) is 8.86. The van der Waals surface area contributed by atoms with E-state index in [1.54, 1.807) is 36.5 Å². The summed E-state index contributed by atoms with van der Waals surface area (Å²) in [5, 5.41) is 0. The highest BCUT2D eigenvalue weighted by Crippen LogP contribution is 2.34. The number of anilines is 1. The molecule has 0 atom stereocenters. The summed E-state index contributed by atoms with van der Waals surface area (Å²) < 4.78 is 42.3. The van der Waals surface area contributed by atoms with E-state index in [0.29, 0.717) is 22.2 Å². The zero-order chi connectivity index (χ0) is 18.9. The van der Waals surface area contributed by atoms with Crippen LogP contribution in [0.2, 0.25) is 0 Å². The fraction of sp³-hybridized carbons (Fsp3) is 0.300. The Balaban J connectivity index is 1.73. The summed E-state index contributed by atoms with van der Waals surface area (Å²) in [6, 6.07) is 11.4. The summed E-state index contributed by atoms with van der Waals surface area (Å²) in [5.74, 6) is 0.573. The molecule has 0 radical (unpaired) electrons. The first-order valence-corrected chi connectivity index (χ1v) is 8.86. The van der Waals surface area contributed by atoms with Crippen LogP contribution in [0, 0.1) is 0 Å². The number of ether oxygens (including phenoxy) is 1. The Morgan fingerprint density at radius 2 is 1.70 bits per heavy atom. The second-order valence-corrected chi connectivity index (χ2v) is 6.52. The number of fused-ring (bicyclic) bond motifs is 1. The van der Waals surface area contributed by atoms with E-state index < -0.39 is 6.36 Å². The van der Waals surface area contributed by atoms with Crippen molar-refractivity contribution in [1.82, 2.24) is 9.97 Å². The molecular weight excluding hydrogens is 355 g/mol. The van der Waals surface area contributed by atoms with Gasteiger partial charge in [0.15, 0.2) is 0 Å². The molecule has 140 valence electrons. The molecule has 4 rings (SSSR count). The molecule has 3 aromatic rings. The summed E-state index contributed by atoms with van der Waals surface area (Å²) in [7, 11) is 0. The van der Waals surface area contributed by atoms with E-state index in [2.05, 4.69) is 19.6 Å². The van der Waals surface area contributed by atoms with Crippen LogP contribution in [0.1, 0.15) is 19.3 Å². The summed E-state index contributed by atoms with van der Waals surface area (Å²) in [5.41, 5.74) is 2.32. The highest BCUT2D eigenvalue weighted by molar-refractivity contribution is 5.83. The summed E-state index contributed by atoms with van der Waals surface area (Å²) in [6.07, 6.45) is 0.490. The molecule has 4 nitrogen and oxygen atoms in total. The van der Waals surface area contributed by atoms with Gasteiger partial charge in [0.2, 0.25) is 0 Å². The SMILES string of the molecule is FC(F)(F)Oc1ccccc1-c1ccc2ncc(N3CCCCC3)nc2c1. The Morgan fingerprint density at radius 3 is 2.48 bits per heavy atom. The number of halogens is 3. The van der Waals surface area contributed by atoms with Crippen LogP contribution >= 0.6 is 0 Å². The quantitative estimate of drug-likeness (QED) is 0.634. The van der Waals surface area contributed by atoms with E-state index in [0.717, 1.165) is 31.7 Å². The number of alkyl halides is 3. The number of aromatic nitrogens is 2. The van der Waals surface area contributed by atoms with E-state index in [1.807, 2.05) is 0 Å². The molecule has 2 aromatic carbocycles. The Morgan fingerprint density at radius 1 is 0.926 bits per heavy atom. The number of nitrogens with zero attached hydrogens (tertiary/aromatic N) is 3. The molecule has 0 spiro atoms. The van der Waals surface area contributed by atoms with Crippen LogP contribution in [0.4, 0.5) is 19.0 Å². The molecule has 7 heteroatoms. The van der Waals surface area contributed by atoms with Crippen molar-refractivity contribution in [3.05, 3.63) is 48.7 Å². The van der Waals surface area contributed by atoms with Crippen molar-refractivity contribution >= 4 is 16.9 Å². The minimum atomic E-state index is -4.74. The van der Waals surface area contributed by atoms with Gasteiger partial charge in [-0.3, -0.25) is 4.98 Å². The van der Waals surface area contributed by atoms with E-state index in [1.165, 1.54) is 18.6 Å². The largest absolute Gasteiger partial charge is 0.573 e. The van der Waals surface area contributed by atoms with Crippen LogP contribution < -0.4 is 9.64 Å². The fourth-order valence-electron chi connectivity index (χ4n) is 3.36. The van der Waals surface area contributed by atoms with Crippen LogP contribution in [0.25, 0.3) is 22.2 Å². The van der Waals surface area contributed by atoms with Crippen LogP contribution in [-0.4, -0.2) is 29.4 Å². The molecule has 0 bridgehead atoms. The zero-order valence-corrected chi connectivity index (χ0v) is 14.5. The van der Waals surface area contributed by atoms with Crippen LogP contribution in [0.15, 0.2) is 48.7 Å². The maximum atomic E-state index is 12.7. The van der Waals surface area contributed by atoms with Gasteiger partial charge in [-0.25, -0.2) is 4.98 Å². The van der Waals surface area contributed by atoms with Crippen molar-refractivity contribution in [3.8, 4) is 16.9 Å². The molecule has 0 saturated carbocycles. The maximum absolute atomic E-state index is 12.7. The van der Waals surface area contributed by atoms with Crippen LogP contribution in [0.5, 0.6) is 5.75 Å². The average Bonchev–Trinajstić information content (AvgIpc) is 2.67. The third kappa shape index (κ3) is 3.97. The van der Waals surface area contributed by atoms with Crippen molar-refractivity contribution < 1.29 is 17.9 Å². The van der Waals surface area contributed by atoms with Crippen LogP contribution in [0.3, 0.4) is 0 Å². The van der Waals surface area contributed by atoms with E-state index in [9.17, 15) is 13.2 Å². The number of piperidine rings is 1. The van der Waals surface area contributed by atoms with Gasteiger partial charge in [0, 0.05) is 18.7 Å². The predicted octanol–water partition coefficient (Wildman–Crippen LogP) is 5.19. The average molecular weight is 373 g/mol. The highest BCUT2D eigenvalue weighted by Gasteiger charge is 2.32. The lowest BCUT2D eigenvalue weighted by Gasteiger charge is -2.27. The Hall–Kier alpha value is -2.83. The molecule has 0 amide bonds. The van der Waals surface area contributed by atoms with Crippen molar-refractivity contribution in [2.75, 3.05) is 18.0 Å². The summed E-state index contributed by atoms with van der Waals surface area (Å²) in [4.78, 5) is 11.3. The number of hydrogen-bond donors (Lipinski definition) is 0. The van der Waals surface area contributed by atoms with Gasteiger partial charge in [-0.1, -0.05) is 24.3 Å². The van der Waals surface area contributed by atoms with Crippen molar-refractivity contribution in [2.45, 2.75) is 25.6 Å². The van der Waals surface area contributed by atoms with Gasteiger partial charge in [-0.15, -0.1) is 13.2 Å². The Bertz CT molecular complexity index is 953. The smallest absolute Gasteiger partial charge is 0.405 e. The normalized spacial score (nSPS) is 15.1. The molecule has 2 heterocycles. The predicted molar refractivity (Wildman–Crippen MR) is 97.7 cm³/mol. The molecule has 27 heavy (non-hydrogen) atoms. The van der Waals surface area contributed by atoms with E-state index in [4.69, 9.17) is 0 Å². The Kier molecular flexibility index (Phi) is 4.59. The molecule has 1 aliphatic rings. The van der Waals surface area contributed by atoms with E-state index >= 15 is 0 Å². The minimum absolute atomic E-state index is 0.232. The standard InChI is InChI=1S/C20H18F3N3O/c21-20(22,23)27-18-7-3-2-6-15(18)14-8-9-16-17(12-14)25-19(13-24-16)26-10-4-1-5-11-26/h2-3,6-9,12-13H,1,4-5,10-11H2. The first-order chi connectivity index (χ1) is 13.0. The molecule has 1 saturated heterocycles. The molecule has 0 unspecified atom stereocenters. The Labute approximate surface area is 154 Å². The third-order valence-corrected chi connectivity index (χ3v) is 4.63. The van der Waals surface area contributed by atoms with E-state index in [-0.39, 0.29) is 5.75 Å². The highest BCUT2D eigenvalue weighted by atomic mass is 19.4. The number of hydrogen-bond acceptors (Lipinski definition) is 4. The van der Waals surface area contributed by atoms with Gasteiger partial charge in [-0.05, 0) is 43.0 Å².